The Kier molecular flexibility index (Phi) is 6.54. The molecule has 0 spiro atoms. The Bertz CT molecular complexity index is 526. The third-order valence-electron chi connectivity index (χ3n) is 4.08. The van der Waals surface area contributed by atoms with Crippen molar-refractivity contribution in [2.45, 2.75) is 46.6 Å². The van der Waals surface area contributed by atoms with Crippen LogP contribution >= 0.6 is 0 Å². The van der Waals surface area contributed by atoms with Crippen LogP contribution in [0.4, 0.5) is 8.78 Å². The van der Waals surface area contributed by atoms with Gasteiger partial charge in [0.1, 0.15) is 17.4 Å². The van der Waals surface area contributed by atoms with Gasteiger partial charge in [-0.2, -0.15) is 0 Å². The molecule has 0 fully saturated rings. The molecule has 5 heteroatoms. The van der Waals surface area contributed by atoms with Gasteiger partial charge in [-0.25, -0.2) is 8.78 Å². The van der Waals surface area contributed by atoms with Crippen LogP contribution in [-0.2, 0) is 4.79 Å². The fourth-order valence-corrected chi connectivity index (χ4v) is 2.17. The van der Waals surface area contributed by atoms with Crippen LogP contribution in [0, 0.1) is 23.5 Å². The van der Waals surface area contributed by atoms with E-state index >= 15 is 0 Å². The second-order valence-corrected chi connectivity index (χ2v) is 6.88. The van der Waals surface area contributed by atoms with Crippen molar-refractivity contribution in [2.24, 2.45) is 11.8 Å². The molecular weight excluding hydrogens is 300 g/mol. The molecule has 0 heterocycles. The molecule has 1 aromatic carbocycles. The van der Waals surface area contributed by atoms with Crippen LogP contribution in [0.2, 0.25) is 0 Å². The normalized spacial score (nSPS) is 14.0. The quantitative estimate of drug-likeness (QED) is 0.749. The zero-order chi connectivity index (χ0) is 17.8. The van der Waals surface area contributed by atoms with Crippen LogP contribution in [0.1, 0.15) is 41.0 Å². The number of rotatable bonds is 7. The molecule has 0 aliphatic heterocycles. The first-order valence-corrected chi connectivity index (χ1v) is 7.97. The second kappa shape index (κ2) is 7.75. The van der Waals surface area contributed by atoms with Gasteiger partial charge in [-0.1, -0.05) is 27.7 Å². The predicted octanol–water partition coefficient (Wildman–Crippen LogP) is 4.26. The van der Waals surface area contributed by atoms with Crippen molar-refractivity contribution in [1.29, 1.82) is 0 Å². The average molecular weight is 327 g/mol. The van der Waals surface area contributed by atoms with Gasteiger partial charge in [0.2, 0.25) is 0 Å². The maximum absolute atomic E-state index is 13.4. The van der Waals surface area contributed by atoms with Gasteiger partial charge in [0, 0.05) is 37.7 Å². The molecule has 0 aliphatic carbocycles. The lowest BCUT2D eigenvalue weighted by atomic mass is 9.90. The third kappa shape index (κ3) is 5.19. The molecule has 130 valence electrons. The van der Waals surface area contributed by atoms with E-state index < -0.39 is 17.2 Å². The summed E-state index contributed by atoms with van der Waals surface area (Å²) in [6.07, 6.45) is 0.880. The van der Waals surface area contributed by atoms with Crippen LogP contribution in [0.15, 0.2) is 18.2 Å². The highest BCUT2D eigenvalue weighted by atomic mass is 19.1. The number of hydrogen-bond acceptors (Lipinski definition) is 2. The number of amides is 1. The molecule has 1 aromatic rings. The fraction of sp³-hybridized carbons (Fsp3) is 0.611. The topological polar surface area (TPSA) is 29.5 Å². The maximum Gasteiger partial charge on any atom is 0.266 e. The van der Waals surface area contributed by atoms with E-state index in [2.05, 4.69) is 13.8 Å². The van der Waals surface area contributed by atoms with E-state index in [-0.39, 0.29) is 17.6 Å². The average Bonchev–Trinajstić information content (AvgIpc) is 2.42. The molecule has 0 saturated heterocycles. The summed E-state index contributed by atoms with van der Waals surface area (Å²) in [6, 6.07) is 2.95. The predicted molar refractivity (Wildman–Crippen MR) is 87.3 cm³/mol. The smallest absolute Gasteiger partial charge is 0.266 e. The first-order chi connectivity index (χ1) is 10.6. The van der Waals surface area contributed by atoms with Gasteiger partial charge in [0.05, 0.1) is 0 Å². The van der Waals surface area contributed by atoms with Crippen LogP contribution in [0.25, 0.3) is 0 Å². The van der Waals surface area contributed by atoms with Crippen LogP contribution in [0.3, 0.4) is 0 Å². The van der Waals surface area contributed by atoms with E-state index in [1.807, 2.05) is 13.8 Å². The lowest BCUT2D eigenvalue weighted by Crippen LogP contribution is -2.53. The van der Waals surface area contributed by atoms with Crippen molar-refractivity contribution >= 4 is 5.91 Å². The summed E-state index contributed by atoms with van der Waals surface area (Å²) in [5.74, 6) is -1.32. The first kappa shape index (κ1) is 19.4. The lowest BCUT2D eigenvalue weighted by Gasteiger charge is -2.36. The molecular formula is C18H27F2NO2. The van der Waals surface area contributed by atoms with Crippen LogP contribution in [0.5, 0.6) is 5.75 Å². The number of carbonyl (C=O) groups excluding carboxylic acids is 1. The molecule has 23 heavy (non-hydrogen) atoms. The highest BCUT2D eigenvalue weighted by Gasteiger charge is 2.41. The molecule has 3 nitrogen and oxygen atoms in total. The Balaban J connectivity index is 2.99. The van der Waals surface area contributed by atoms with Crippen molar-refractivity contribution in [2.75, 3.05) is 13.6 Å². The zero-order valence-electron chi connectivity index (χ0n) is 14.8. The van der Waals surface area contributed by atoms with Crippen molar-refractivity contribution in [1.82, 2.24) is 4.90 Å². The Morgan fingerprint density at radius 3 is 2.13 bits per heavy atom. The van der Waals surface area contributed by atoms with Gasteiger partial charge in [0.25, 0.3) is 5.91 Å². The molecule has 0 N–H and O–H groups in total. The minimum Gasteiger partial charge on any atom is -0.477 e. The summed E-state index contributed by atoms with van der Waals surface area (Å²) in [5.41, 5.74) is -1.19. The van der Waals surface area contributed by atoms with E-state index in [9.17, 15) is 13.6 Å². The lowest BCUT2D eigenvalue weighted by molar-refractivity contribution is -0.149. The highest BCUT2D eigenvalue weighted by molar-refractivity contribution is 5.85. The largest absolute Gasteiger partial charge is 0.477 e. The number of benzene rings is 1. The van der Waals surface area contributed by atoms with Gasteiger partial charge < -0.3 is 9.64 Å². The van der Waals surface area contributed by atoms with E-state index in [1.54, 1.807) is 18.9 Å². The van der Waals surface area contributed by atoms with Gasteiger partial charge >= 0.3 is 0 Å². The van der Waals surface area contributed by atoms with E-state index in [4.69, 9.17) is 4.74 Å². The van der Waals surface area contributed by atoms with E-state index in [0.29, 0.717) is 12.5 Å². The first-order valence-electron chi connectivity index (χ1n) is 7.97. The van der Waals surface area contributed by atoms with E-state index in [0.717, 1.165) is 24.6 Å². The summed E-state index contributed by atoms with van der Waals surface area (Å²) in [4.78, 5) is 14.4. The molecule has 1 amide bonds. The Hall–Kier alpha value is -1.65. The Labute approximate surface area is 137 Å². The molecule has 1 unspecified atom stereocenters. The summed E-state index contributed by atoms with van der Waals surface area (Å²) < 4.78 is 32.5. The number of nitrogens with zero attached hydrogens (tertiary/aromatic N) is 1. The zero-order valence-corrected chi connectivity index (χ0v) is 14.8. The van der Waals surface area contributed by atoms with Crippen LogP contribution in [-0.4, -0.2) is 30.0 Å². The molecule has 0 radical (unpaired) electrons. The Morgan fingerprint density at radius 2 is 1.70 bits per heavy atom. The van der Waals surface area contributed by atoms with E-state index in [1.165, 1.54) is 0 Å². The molecule has 1 atom stereocenters. The number of halogens is 2. The van der Waals surface area contributed by atoms with Gasteiger partial charge in [-0.15, -0.1) is 0 Å². The van der Waals surface area contributed by atoms with Crippen molar-refractivity contribution in [3.05, 3.63) is 29.8 Å². The SMILES string of the molecule is CC(C)CCN(C)C(=O)C(C)(Oc1cc(F)cc(F)c1)C(C)C. The number of likely N-dealkylation sites (N-methyl/N-ethyl adjacent to an activating group) is 1. The molecule has 0 aromatic heterocycles. The molecule has 1 rings (SSSR count). The van der Waals surface area contributed by atoms with Crippen molar-refractivity contribution in [3.8, 4) is 5.75 Å². The van der Waals surface area contributed by atoms with Crippen LogP contribution < -0.4 is 4.74 Å². The third-order valence-corrected chi connectivity index (χ3v) is 4.08. The molecule has 0 bridgehead atoms. The summed E-state index contributed by atoms with van der Waals surface area (Å²) in [5, 5.41) is 0. The number of carbonyl (C=O) groups is 1. The maximum atomic E-state index is 13.4. The van der Waals surface area contributed by atoms with Gasteiger partial charge in [-0.05, 0) is 19.3 Å². The summed E-state index contributed by atoms with van der Waals surface area (Å²) >= 11 is 0. The van der Waals surface area contributed by atoms with Gasteiger partial charge in [-0.3, -0.25) is 4.79 Å². The monoisotopic (exact) mass is 327 g/mol. The highest BCUT2D eigenvalue weighted by Crippen LogP contribution is 2.28. The van der Waals surface area contributed by atoms with Crippen molar-refractivity contribution < 1.29 is 18.3 Å². The minimum absolute atomic E-state index is 0.0179. The molecule has 0 saturated carbocycles. The fourth-order valence-electron chi connectivity index (χ4n) is 2.17. The summed E-state index contributed by atoms with van der Waals surface area (Å²) in [6.45, 7) is 10.2. The van der Waals surface area contributed by atoms with Crippen molar-refractivity contribution in [3.63, 3.8) is 0 Å². The summed E-state index contributed by atoms with van der Waals surface area (Å²) in [7, 11) is 1.72. The number of hydrogen-bond donors (Lipinski definition) is 0. The molecule has 0 aliphatic rings. The second-order valence-electron chi connectivity index (χ2n) is 6.88. The Morgan fingerprint density at radius 1 is 1.17 bits per heavy atom. The number of ether oxygens (including phenoxy) is 1. The standard InChI is InChI=1S/C18H27F2NO2/c1-12(2)7-8-21(6)17(22)18(5,13(3)4)23-16-10-14(19)9-15(20)11-16/h9-13H,7-8H2,1-6H3. The minimum atomic E-state index is -1.19. The van der Waals surface area contributed by atoms with Gasteiger partial charge in [0.15, 0.2) is 5.60 Å².